The first kappa shape index (κ1) is 12.7. The van der Waals surface area contributed by atoms with Gasteiger partial charge in [-0.05, 0) is 25.1 Å². The van der Waals surface area contributed by atoms with Crippen LogP contribution in [0.1, 0.15) is 5.76 Å². The maximum Gasteiger partial charge on any atom is 0.263 e. The van der Waals surface area contributed by atoms with Gasteiger partial charge in [-0.25, -0.2) is 8.42 Å². The van der Waals surface area contributed by atoms with E-state index >= 15 is 0 Å². The molecule has 0 spiro atoms. The van der Waals surface area contributed by atoms with Gasteiger partial charge in [0.1, 0.15) is 5.76 Å². The molecule has 96 valence electrons. The summed E-state index contributed by atoms with van der Waals surface area (Å²) in [6.45, 7) is 1.66. The van der Waals surface area contributed by atoms with Crippen LogP contribution in [-0.4, -0.2) is 13.6 Å². The Labute approximate surface area is 109 Å². The van der Waals surface area contributed by atoms with Gasteiger partial charge in [0.15, 0.2) is 5.82 Å². The Morgan fingerprint density at radius 2 is 2.11 bits per heavy atom. The fourth-order valence-electron chi connectivity index (χ4n) is 1.29. The topological polar surface area (TPSA) is 98.2 Å². The molecule has 3 N–H and O–H groups in total. The van der Waals surface area contributed by atoms with Gasteiger partial charge in [-0.3, -0.25) is 4.72 Å². The summed E-state index contributed by atoms with van der Waals surface area (Å²) >= 11 is 5.78. The van der Waals surface area contributed by atoms with Crippen molar-refractivity contribution in [1.82, 2.24) is 5.16 Å². The van der Waals surface area contributed by atoms with Crippen molar-refractivity contribution in [3.05, 3.63) is 35.0 Å². The number of anilines is 2. The zero-order valence-electron chi connectivity index (χ0n) is 9.34. The predicted octanol–water partition coefficient (Wildman–Crippen LogP) is 2.02. The molecule has 0 saturated heterocycles. The van der Waals surface area contributed by atoms with Crippen LogP contribution in [0.25, 0.3) is 0 Å². The van der Waals surface area contributed by atoms with Crippen LogP contribution in [0.3, 0.4) is 0 Å². The van der Waals surface area contributed by atoms with Gasteiger partial charge >= 0.3 is 0 Å². The molecule has 0 saturated carbocycles. The van der Waals surface area contributed by atoms with Gasteiger partial charge < -0.3 is 10.3 Å². The summed E-state index contributed by atoms with van der Waals surface area (Å²) in [5.74, 6) is 0.614. The smallest absolute Gasteiger partial charge is 0.263 e. The molecule has 1 heterocycles. The minimum absolute atomic E-state index is 0.00218. The van der Waals surface area contributed by atoms with Crippen molar-refractivity contribution in [3.63, 3.8) is 0 Å². The fourth-order valence-corrected chi connectivity index (χ4v) is 2.54. The molecule has 0 fully saturated rings. The van der Waals surface area contributed by atoms with E-state index in [0.717, 1.165) is 0 Å². The van der Waals surface area contributed by atoms with Gasteiger partial charge in [0.25, 0.3) is 10.0 Å². The minimum Gasteiger partial charge on any atom is -0.398 e. The summed E-state index contributed by atoms with van der Waals surface area (Å²) in [7, 11) is -3.75. The van der Waals surface area contributed by atoms with Crippen LogP contribution in [0.5, 0.6) is 0 Å². The molecule has 0 atom stereocenters. The standard InChI is InChI=1S/C10H10ClN3O3S/c1-6-4-10(13-17-6)14-18(15,16)7-2-3-9(12)8(11)5-7/h2-5H,12H2,1H3,(H,13,14). The Morgan fingerprint density at radius 1 is 1.39 bits per heavy atom. The number of rotatable bonds is 3. The van der Waals surface area contributed by atoms with Gasteiger partial charge in [-0.1, -0.05) is 16.8 Å². The number of aromatic nitrogens is 1. The van der Waals surface area contributed by atoms with E-state index in [1.165, 1.54) is 24.3 Å². The monoisotopic (exact) mass is 287 g/mol. The molecular formula is C10H10ClN3O3S. The summed E-state index contributed by atoms with van der Waals surface area (Å²) < 4.78 is 31.0. The van der Waals surface area contributed by atoms with Gasteiger partial charge in [0.05, 0.1) is 15.6 Å². The molecule has 0 aliphatic carbocycles. The molecule has 8 heteroatoms. The lowest BCUT2D eigenvalue weighted by Gasteiger charge is -2.06. The van der Waals surface area contributed by atoms with Crippen molar-refractivity contribution in [1.29, 1.82) is 0 Å². The van der Waals surface area contributed by atoms with E-state index in [1.807, 2.05) is 0 Å². The molecular weight excluding hydrogens is 278 g/mol. The number of benzene rings is 1. The number of nitrogens with one attached hydrogen (secondary N) is 1. The number of nitrogens with zero attached hydrogens (tertiary/aromatic N) is 1. The average molecular weight is 288 g/mol. The van der Waals surface area contributed by atoms with Gasteiger partial charge in [-0.2, -0.15) is 0 Å². The number of nitrogens with two attached hydrogens (primary N) is 1. The molecule has 0 bridgehead atoms. The molecule has 0 aliphatic heterocycles. The highest BCUT2D eigenvalue weighted by molar-refractivity contribution is 7.92. The van der Waals surface area contributed by atoms with Gasteiger partial charge in [-0.15, -0.1) is 0 Å². The van der Waals surface area contributed by atoms with Crippen molar-refractivity contribution in [2.75, 3.05) is 10.5 Å². The fraction of sp³-hybridized carbons (Fsp3) is 0.100. The van der Waals surface area contributed by atoms with E-state index in [2.05, 4.69) is 9.88 Å². The highest BCUT2D eigenvalue weighted by atomic mass is 35.5. The number of aryl methyl sites for hydroxylation is 1. The van der Waals surface area contributed by atoms with Crippen LogP contribution in [-0.2, 0) is 10.0 Å². The average Bonchev–Trinajstić information content (AvgIpc) is 2.67. The Kier molecular flexibility index (Phi) is 3.18. The largest absolute Gasteiger partial charge is 0.398 e. The number of sulfonamides is 1. The van der Waals surface area contributed by atoms with Crippen molar-refractivity contribution >= 4 is 33.1 Å². The Hall–Kier alpha value is -1.73. The molecule has 0 aliphatic rings. The Balaban J connectivity index is 2.33. The van der Waals surface area contributed by atoms with E-state index in [0.29, 0.717) is 11.4 Å². The van der Waals surface area contributed by atoms with E-state index in [9.17, 15) is 8.42 Å². The summed E-state index contributed by atoms with van der Waals surface area (Å²) in [6.07, 6.45) is 0. The molecule has 2 rings (SSSR count). The number of hydrogen-bond acceptors (Lipinski definition) is 5. The quantitative estimate of drug-likeness (QED) is 0.842. The van der Waals surface area contributed by atoms with Crippen molar-refractivity contribution in [2.24, 2.45) is 0 Å². The van der Waals surface area contributed by atoms with E-state index in [-0.39, 0.29) is 15.7 Å². The van der Waals surface area contributed by atoms with Crippen LogP contribution >= 0.6 is 11.6 Å². The maximum atomic E-state index is 12.0. The predicted molar refractivity (Wildman–Crippen MR) is 67.9 cm³/mol. The zero-order valence-corrected chi connectivity index (χ0v) is 10.9. The highest BCUT2D eigenvalue weighted by Gasteiger charge is 2.17. The lowest BCUT2D eigenvalue weighted by molar-refractivity contribution is 0.400. The van der Waals surface area contributed by atoms with Crippen LogP contribution < -0.4 is 10.5 Å². The van der Waals surface area contributed by atoms with Crippen LogP contribution in [0.15, 0.2) is 33.7 Å². The zero-order chi connectivity index (χ0) is 13.3. The summed E-state index contributed by atoms with van der Waals surface area (Å²) in [4.78, 5) is 0.00218. The van der Waals surface area contributed by atoms with E-state index < -0.39 is 10.0 Å². The van der Waals surface area contributed by atoms with Crippen molar-refractivity contribution in [2.45, 2.75) is 11.8 Å². The lowest BCUT2D eigenvalue weighted by Crippen LogP contribution is -2.13. The molecule has 1 aromatic heterocycles. The molecule has 0 radical (unpaired) electrons. The van der Waals surface area contributed by atoms with E-state index in [4.69, 9.17) is 21.9 Å². The second kappa shape index (κ2) is 4.51. The van der Waals surface area contributed by atoms with Crippen molar-refractivity contribution < 1.29 is 12.9 Å². The van der Waals surface area contributed by atoms with Gasteiger partial charge in [0, 0.05) is 6.07 Å². The maximum absolute atomic E-state index is 12.0. The molecule has 2 aromatic rings. The lowest BCUT2D eigenvalue weighted by atomic mass is 10.3. The first-order valence-corrected chi connectivity index (χ1v) is 6.76. The minimum atomic E-state index is -3.75. The number of nitrogen functional groups attached to an aromatic ring is 1. The van der Waals surface area contributed by atoms with Gasteiger partial charge in [0.2, 0.25) is 0 Å². The second-order valence-corrected chi connectivity index (χ2v) is 5.70. The number of halogens is 1. The SMILES string of the molecule is Cc1cc(NS(=O)(=O)c2ccc(N)c(Cl)c2)no1. The summed E-state index contributed by atoms with van der Waals surface area (Å²) in [5.41, 5.74) is 5.83. The van der Waals surface area contributed by atoms with E-state index in [1.54, 1.807) is 6.92 Å². The Morgan fingerprint density at radius 3 is 2.67 bits per heavy atom. The molecule has 1 aromatic carbocycles. The third-order valence-corrected chi connectivity index (χ3v) is 3.83. The normalized spacial score (nSPS) is 11.4. The second-order valence-electron chi connectivity index (χ2n) is 3.61. The molecule has 0 unspecified atom stereocenters. The van der Waals surface area contributed by atoms with Crippen molar-refractivity contribution in [3.8, 4) is 0 Å². The third-order valence-electron chi connectivity index (χ3n) is 2.15. The third kappa shape index (κ3) is 2.57. The first-order valence-electron chi connectivity index (χ1n) is 4.89. The molecule has 6 nitrogen and oxygen atoms in total. The highest BCUT2D eigenvalue weighted by Crippen LogP contribution is 2.23. The molecule has 0 amide bonds. The first-order chi connectivity index (χ1) is 8.38. The Bertz CT molecular complexity index is 681. The molecule has 18 heavy (non-hydrogen) atoms. The number of hydrogen-bond donors (Lipinski definition) is 2. The van der Waals surface area contributed by atoms with Crippen LogP contribution in [0, 0.1) is 6.92 Å². The summed E-state index contributed by atoms with van der Waals surface area (Å²) in [5, 5.41) is 3.72. The van der Waals surface area contributed by atoms with Crippen LogP contribution in [0.2, 0.25) is 5.02 Å². The summed E-state index contributed by atoms with van der Waals surface area (Å²) in [6, 6.07) is 5.52. The van der Waals surface area contributed by atoms with Crippen LogP contribution in [0.4, 0.5) is 11.5 Å².